The van der Waals surface area contributed by atoms with E-state index in [1.54, 1.807) is 24.3 Å². The molecule has 2 bridgehead atoms. The molecule has 1 saturated heterocycles. The molecule has 1 aliphatic heterocycles. The number of rotatable bonds is 7. The van der Waals surface area contributed by atoms with Gasteiger partial charge in [-0.15, -0.1) is 0 Å². The topological polar surface area (TPSA) is 118 Å². The number of hydrogen-bond acceptors (Lipinski definition) is 9. The van der Waals surface area contributed by atoms with Crippen molar-refractivity contribution in [3.05, 3.63) is 35.9 Å². The molecule has 1 heterocycles. The monoisotopic (exact) mass is 612 g/mol. The first-order chi connectivity index (χ1) is 20.6. The minimum absolute atomic E-state index is 0.107. The minimum atomic E-state index is -1.42. The lowest BCUT2D eigenvalue weighted by Gasteiger charge is -2.50. The largest absolute Gasteiger partial charge is 0.458 e. The summed E-state index contributed by atoms with van der Waals surface area (Å²) in [4.78, 5) is 39.5. The third-order valence-electron chi connectivity index (χ3n) is 11.9. The Hall–Kier alpha value is -2.49. The summed E-state index contributed by atoms with van der Waals surface area (Å²) in [6, 6.07) is 8.88. The smallest absolute Gasteiger partial charge is 0.338 e. The molecule has 1 N–H and O–H groups in total. The van der Waals surface area contributed by atoms with Crippen molar-refractivity contribution in [2.75, 3.05) is 13.2 Å². The molecule has 9 heteroatoms. The Morgan fingerprint density at radius 2 is 1.70 bits per heavy atom. The van der Waals surface area contributed by atoms with Crippen molar-refractivity contribution in [2.45, 2.75) is 104 Å². The SMILES string of the molecule is CC(=O)O[C@H]1[C@]2(C)OC[C@@]3([C@H](O)[C@H]4[C@@H](OCC(C)C)[C@@H](C)C[C@@]41OC(C)=O)[C@H](OC(=O)c1ccccc1)C[C@H]1[C@@H]([C@@H]23)C1(C)C. The van der Waals surface area contributed by atoms with E-state index in [1.807, 2.05) is 19.9 Å². The molecular weight excluding hydrogens is 564 g/mol. The van der Waals surface area contributed by atoms with E-state index in [0.717, 1.165) is 0 Å². The number of esters is 3. The molecule has 1 aromatic carbocycles. The fourth-order valence-electron chi connectivity index (χ4n) is 10.3. The number of aliphatic hydroxyl groups is 1. The van der Waals surface area contributed by atoms with Gasteiger partial charge in [-0.2, -0.15) is 0 Å². The van der Waals surface area contributed by atoms with Crippen LogP contribution in [0.15, 0.2) is 30.3 Å². The molecule has 5 fully saturated rings. The van der Waals surface area contributed by atoms with Crippen LogP contribution < -0.4 is 0 Å². The predicted molar refractivity (Wildman–Crippen MR) is 159 cm³/mol. The number of ether oxygens (including phenoxy) is 5. The maximum atomic E-state index is 13.6. The van der Waals surface area contributed by atoms with Gasteiger partial charge in [-0.25, -0.2) is 4.79 Å². The summed E-state index contributed by atoms with van der Waals surface area (Å²) >= 11 is 0. The van der Waals surface area contributed by atoms with Gasteiger partial charge in [-0.3, -0.25) is 9.59 Å². The normalized spacial score (nSPS) is 44.5. The van der Waals surface area contributed by atoms with Gasteiger partial charge in [0.15, 0.2) is 11.7 Å². The fourth-order valence-corrected chi connectivity index (χ4v) is 10.3. The van der Waals surface area contributed by atoms with Gasteiger partial charge in [-0.05, 0) is 61.0 Å². The van der Waals surface area contributed by atoms with E-state index < -0.39 is 64.9 Å². The van der Waals surface area contributed by atoms with Gasteiger partial charge in [0.1, 0.15) is 11.7 Å². The second kappa shape index (κ2) is 10.5. The van der Waals surface area contributed by atoms with Crippen LogP contribution in [0.1, 0.15) is 78.6 Å². The third kappa shape index (κ3) is 4.39. The van der Waals surface area contributed by atoms with Gasteiger partial charge in [0, 0.05) is 26.4 Å². The highest BCUT2D eigenvalue weighted by molar-refractivity contribution is 5.89. The van der Waals surface area contributed by atoms with Crippen molar-refractivity contribution < 1.29 is 43.2 Å². The van der Waals surface area contributed by atoms with Crippen molar-refractivity contribution >= 4 is 17.9 Å². The van der Waals surface area contributed by atoms with E-state index in [1.165, 1.54) is 13.8 Å². The van der Waals surface area contributed by atoms with Gasteiger partial charge in [-0.1, -0.05) is 52.8 Å². The van der Waals surface area contributed by atoms with Crippen molar-refractivity contribution in [3.63, 3.8) is 0 Å². The van der Waals surface area contributed by atoms with Crippen LogP contribution in [0, 0.1) is 46.3 Å². The fraction of sp³-hybridized carbons (Fsp3) is 0.743. The molecule has 0 radical (unpaired) electrons. The van der Waals surface area contributed by atoms with Crippen LogP contribution >= 0.6 is 0 Å². The van der Waals surface area contributed by atoms with E-state index in [2.05, 4.69) is 27.7 Å². The average molecular weight is 613 g/mol. The lowest BCUT2D eigenvalue weighted by Crippen LogP contribution is -2.64. The number of carbonyl (C=O) groups is 3. The maximum Gasteiger partial charge on any atom is 0.338 e. The van der Waals surface area contributed by atoms with Gasteiger partial charge in [0.05, 0.1) is 35.7 Å². The highest BCUT2D eigenvalue weighted by Gasteiger charge is 2.85. The van der Waals surface area contributed by atoms with E-state index >= 15 is 0 Å². The summed E-state index contributed by atoms with van der Waals surface area (Å²) in [6.45, 7) is 15.7. The molecule has 0 aromatic heterocycles. The summed E-state index contributed by atoms with van der Waals surface area (Å²) in [6.07, 6.45) is -2.46. The first-order valence-electron chi connectivity index (χ1n) is 16.2. The van der Waals surface area contributed by atoms with Crippen molar-refractivity contribution in [1.29, 1.82) is 0 Å². The van der Waals surface area contributed by atoms with Crippen molar-refractivity contribution in [3.8, 4) is 0 Å². The molecule has 5 aliphatic rings. The molecule has 242 valence electrons. The third-order valence-corrected chi connectivity index (χ3v) is 11.9. The van der Waals surface area contributed by atoms with Crippen molar-refractivity contribution in [2.24, 2.45) is 46.3 Å². The van der Waals surface area contributed by atoms with Gasteiger partial charge >= 0.3 is 17.9 Å². The molecule has 6 rings (SSSR count). The number of aliphatic hydroxyl groups excluding tert-OH is 1. The molecule has 0 unspecified atom stereocenters. The zero-order valence-corrected chi connectivity index (χ0v) is 27.2. The van der Waals surface area contributed by atoms with Gasteiger partial charge in [0.2, 0.25) is 0 Å². The molecule has 44 heavy (non-hydrogen) atoms. The molecule has 9 nitrogen and oxygen atoms in total. The molecule has 12 atom stereocenters. The first kappa shape index (κ1) is 31.5. The summed E-state index contributed by atoms with van der Waals surface area (Å²) in [7, 11) is 0. The second-order valence-electron chi connectivity index (χ2n) is 15.4. The Kier molecular flexibility index (Phi) is 7.53. The van der Waals surface area contributed by atoms with E-state index in [9.17, 15) is 19.5 Å². The second-order valence-corrected chi connectivity index (χ2v) is 15.4. The molecule has 0 amide bonds. The maximum absolute atomic E-state index is 13.6. The van der Waals surface area contributed by atoms with Crippen LogP contribution in [0.3, 0.4) is 0 Å². The van der Waals surface area contributed by atoms with Crippen LogP contribution in [0.2, 0.25) is 0 Å². The van der Waals surface area contributed by atoms with E-state index in [-0.39, 0.29) is 41.6 Å². The lowest BCUT2D eigenvalue weighted by atomic mass is 9.57. The van der Waals surface area contributed by atoms with Crippen LogP contribution in [0.4, 0.5) is 0 Å². The molecule has 1 aromatic rings. The summed E-state index contributed by atoms with van der Waals surface area (Å²) in [5.41, 5.74) is -3.31. The zero-order chi connectivity index (χ0) is 32.0. The van der Waals surface area contributed by atoms with Crippen molar-refractivity contribution in [1.82, 2.24) is 0 Å². The highest BCUT2D eigenvalue weighted by Crippen LogP contribution is 2.78. The average Bonchev–Trinajstić information content (AvgIpc) is 3.20. The van der Waals surface area contributed by atoms with E-state index in [0.29, 0.717) is 25.0 Å². The first-order valence-corrected chi connectivity index (χ1v) is 16.2. The molecule has 4 aliphatic carbocycles. The summed E-state index contributed by atoms with van der Waals surface area (Å²) in [5.74, 6) is -2.22. The zero-order valence-electron chi connectivity index (χ0n) is 27.2. The number of carbonyl (C=O) groups excluding carboxylic acids is 3. The molecule has 0 spiro atoms. The minimum Gasteiger partial charge on any atom is -0.458 e. The highest BCUT2D eigenvalue weighted by atomic mass is 16.6. The Morgan fingerprint density at radius 3 is 2.32 bits per heavy atom. The van der Waals surface area contributed by atoms with Crippen LogP contribution in [-0.4, -0.2) is 71.8 Å². The predicted octanol–water partition coefficient (Wildman–Crippen LogP) is 4.58. The Labute approximate surface area is 260 Å². The van der Waals surface area contributed by atoms with Crippen LogP contribution in [0.25, 0.3) is 0 Å². The Bertz CT molecular complexity index is 1310. The number of fused-ring (bicyclic) bond motifs is 2. The summed E-state index contributed by atoms with van der Waals surface area (Å²) in [5, 5.41) is 13.0. The van der Waals surface area contributed by atoms with Gasteiger partial charge < -0.3 is 28.8 Å². The molecule has 4 saturated carbocycles. The standard InChI is InChI=1S/C35H48O9/c1-18(2)16-40-27-19(3)15-35(44-21(5)37)26(27)29(38)34-17-41-33(8,31(35)42-20(4)36)28(34)25-23(32(25,6)7)14-24(34)43-30(39)22-12-10-9-11-13-22/h9-13,18-19,23-29,31,38H,14-17H2,1-8H3/t19-,23-,24+,25-,26+,27-,28-,29+,31-,33+,34+,35+/m0/s1. The number of hydrogen-bond donors (Lipinski definition) is 1. The van der Waals surface area contributed by atoms with Crippen LogP contribution in [0.5, 0.6) is 0 Å². The van der Waals surface area contributed by atoms with Gasteiger partial charge in [0.25, 0.3) is 0 Å². The Balaban J connectivity index is 1.56. The number of benzene rings is 1. The molecular formula is C35H48O9. The summed E-state index contributed by atoms with van der Waals surface area (Å²) < 4.78 is 32.4. The lowest BCUT2D eigenvalue weighted by molar-refractivity contribution is -0.245. The van der Waals surface area contributed by atoms with E-state index in [4.69, 9.17) is 23.7 Å². The van der Waals surface area contributed by atoms with Crippen LogP contribution in [-0.2, 0) is 33.3 Å². The Morgan fingerprint density at radius 1 is 1.02 bits per heavy atom. The quantitative estimate of drug-likeness (QED) is 0.349.